The predicted octanol–water partition coefficient (Wildman–Crippen LogP) is 2.47. The molecule has 0 radical (unpaired) electrons. The maximum absolute atomic E-state index is 13.5. The average Bonchev–Trinajstić information content (AvgIpc) is 2.98. The van der Waals surface area contributed by atoms with E-state index in [2.05, 4.69) is 20.2 Å². The minimum atomic E-state index is -0.280. The van der Waals surface area contributed by atoms with Crippen molar-refractivity contribution in [3.63, 3.8) is 0 Å². The third-order valence-corrected chi connectivity index (χ3v) is 4.77. The molecule has 2 atom stereocenters. The van der Waals surface area contributed by atoms with Gasteiger partial charge < -0.3 is 16.0 Å². The van der Waals surface area contributed by atoms with Crippen LogP contribution < -0.4 is 16.0 Å². The number of benzene rings is 1. The molecule has 2 saturated heterocycles. The highest BCUT2D eigenvalue weighted by atomic mass is 35.5. The Hall–Kier alpha value is -1.92. The highest BCUT2D eigenvalue weighted by molar-refractivity contribution is 5.85. The fraction of sp³-hybridized carbons (Fsp3) is 0.412. The summed E-state index contributed by atoms with van der Waals surface area (Å²) in [5, 5.41) is 3.58. The van der Waals surface area contributed by atoms with E-state index in [-0.39, 0.29) is 24.2 Å². The Balaban J connectivity index is 0.00000169. The molecular weight excluding hydrogens is 329 g/mol. The second kappa shape index (κ2) is 6.91. The van der Waals surface area contributed by atoms with Crippen LogP contribution in [0.3, 0.4) is 0 Å². The van der Waals surface area contributed by atoms with Crippen LogP contribution in [0.5, 0.6) is 0 Å². The number of fused-ring (bicyclic) bond motifs is 1. The molecule has 0 spiro atoms. The molecule has 0 amide bonds. The van der Waals surface area contributed by atoms with Gasteiger partial charge in [0, 0.05) is 30.8 Å². The molecule has 7 heteroatoms. The molecular formula is C17H21ClFN5. The van der Waals surface area contributed by atoms with E-state index in [1.54, 1.807) is 6.07 Å². The maximum atomic E-state index is 13.5. The van der Waals surface area contributed by atoms with Crippen LogP contribution in [0.1, 0.15) is 12.8 Å². The molecule has 1 aromatic carbocycles. The molecule has 0 aliphatic carbocycles. The highest BCUT2D eigenvalue weighted by Crippen LogP contribution is 2.30. The molecule has 5 nitrogen and oxygen atoms in total. The number of anilines is 2. The van der Waals surface area contributed by atoms with Crippen molar-refractivity contribution in [2.24, 2.45) is 5.92 Å². The standard InChI is InChI=1S/C17H20FN5.ClH/c18-13-5-1-3-11(7-13)14-8-16(22-17(19)21-14)23-9-12-4-2-6-20-15(12)10-23;/h1,3,5,7-8,12,15,20H,2,4,6,9-10H2,(H2,19,21,22);1H/t12-,15+;/m1./s1. The minimum Gasteiger partial charge on any atom is -0.368 e. The molecule has 4 rings (SSSR count). The van der Waals surface area contributed by atoms with Gasteiger partial charge in [0.05, 0.1) is 5.69 Å². The summed E-state index contributed by atoms with van der Waals surface area (Å²) in [6.45, 7) is 3.01. The van der Waals surface area contributed by atoms with Crippen molar-refractivity contribution in [3.05, 3.63) is 36.1 Å². The fourth-order valence-corrected chi connectivity index (χ4v) is 3.64. The first kappa shape index (κ1) is 16.9. The molecule has 0 saturated carbocycles. The number of rotatable bonds is 2. The average molecular weight is 350 g/mol. The Kier molecular flexibility index (Phi) is 4.87. The van der Waals surface area contributed by atoms with Gasteiger partial charge in [0.25, 0.3) is 0 Å². The Labute approximate surface area is 146 Å². The van der Waals surface area contributed by atoms with Gasteiger partial charge in [-0.25, -0.2) is 9.37 Å². The maximum Gasteiger partial charge on any atom is 0.222 e. The highest BCUT2D eigenvalue weighted by Gasteiger charge is 2.35. The van der Waals surface area contributed by atoms with Crippen molar-refractivity contribution in [1.82, 2.24) is 15.3 Å². The second-order valence-corrected chi connectivity index (χ2v) is 6.35. The summed E-state index contributed by atoms with van der Waals surface area (Å²) in [5.74, 6) is 1.44. The number of nitrogens with zero attached hydrogens (tertiary/aromatic N) is 3. The lowest BCUT2D eigenvalue weighted by molar-refractivity contribution is 0.340. The molecule has 24 heavy (non-hydrogen) atoms. The van der Waals surface area contributed by atoms with Crippen molar-refractivity contribution in [3.8, 4) is 11.3 Å². The lowest BCUT2D eigenvalue weighted by atomic mass is 9.94. The lowest BCUT2D eigenvalue weighted by Gasteiger charge is -2.24. The van der Waals surface area contributed by atoms with Gasteiger partial charge >= 0.3 is 0 Å². The summed E-state index contributed by atoms with van der Waals surface area (Å²) < 4.78 is 13.5. The second-order valence-electron chi connectivity index (χ2n) is 6.35. The first-order valence-electron chi connectivity index (χ1n) is 8.08. The molecule has 2 aromatic rings. The van der Waals surface area contributed by atoms with Gasteiger partial charge in [-0.05, 0) is 37.4 Å². The van der Waals surface area contributed by atoms with Gasteiger partial charge in [-0.15, -0.1) is 12.4 Å². The van der Waals surface area contributed by atoms with Gasteiger partial charge in [-0.2, -0.15) is 4.98 Å². The van der Waals surface area contributed by atoms with E-state index < -0.39 is 0 Å². The minimum absolute atomic E-state index is 0. The molecule has 1 aromatic heterocycles. The number of nitrogens with one attached hydrogen (secondary N) is 1. The fourth-order valence-electron chi connectivity index (χ4n) is 3.64. The van der Waals surface area contributed by atoms with E-state index in [1.165, 1.54) is 25.0 Å². The smallest absolute Gasteiger partial charge is 0.222 e. The van der Waals surface area contributed by atoms with Crippen molar-refractivity contribution in [2.45, 2.75) is 18.9 Å². The largest absolute Gasteiger partial charge is 0.368 e. The van der Waals surface area contributed by atoms with Gasteiger partial charge in [-0.3, -0.25) is 0 Å². The first-order valence-corrected chi connectivity index (χ1v) is 8.08. The third-order valence-electron chi connectivity index (χ3n) is 4.77. The van der Waals surface area contributed by atoms with Crippen LogP contribution in [0.4, 0.5) is 16.2 Å². The van der Waals surface area contributed by atoms with E-state index in [1.807, 2.05) is 12.1 Å². The van der Waals surface area contributed by atoms with Crippen molar-refractivity contribution in [1.29, 1.82) is 0 Å². The van der Waals surface area contributed by atoms with Crippen molar-refractivity contribution >= 4 is 24.2 Å². The van der Waals surface area contributed by atoms with Crippen LogP contribution in [0.15, 0.2) is 30.3 Å². The summed E-state index contributed by atoms with van der Waals surface area (Å²) in [6, 6.07) is 8.83. The van der Waals surface area contributed by atoms with Crippen molar-refractivity contribution in [2.75, 3.05) is 30.3 Å². The van der Waals surface area contributed by atoms with Crippen molar-refractivity contribution < 1.29 is 4.39 Å². The van der Waals surface area contributed by atoms with Crippen LogP contribution in [0.25, 0.3) is 11.3 Å². The Bertz CT molecular complexity index is 712. The molecule has 2 aliphatic heterocycles. The van der Waals surface area contributed by atoms with Gasteiger partial charge in [-0.1, -0.05) is 12.1 Å². The SMILES string of the molecule is Cl.Nc1nc(-c2cccc(F)c2)cc(N2C[C@H]3CCCN[C@H]3C2)n1. The Morgan fingerprint density at radius 3 is 2.88 bits per heavy atom. The molecule has 3 heterocycles. The molecule has 2 fully saturated rings. The number of nitrogen functional groups attached to an aromatic ring is 1. The number of hydrogen-bond donors (Lipinski definition) is 2. The summed E-state index contributed by atoms with van der Waals surface area (Å²) in [7, 11) is 0. The zero-order chi connectivity index (χ0) is 15.8. The van der Waals surface area contributed by atoms with Crippen LogP contribution in [-0.2, 0) is 0 Å². The van der Waals surface area contributed by atoms with Crippen LogP contribution in [-0.4, -0.2) is 35.6 Å². The molecule has 3 N–H and O–H groups in total. The summed E-state index contributed by atoms with van der Waals surface area (Å²) in [6.07, 6.45) is 2.49. The normalized spacial score (nSPS) is 22.8. The van der Waals surface area contributed by atoms with E-state index in [0.29, 0.717) is 17.7 Å². The lowest BCUT2D eigenvalue weighted by Crippen LogP contribution is -2.40. The van der Waals surface area contributed by atoms with E-state index in [9.17, 15) is 4.39 Å². The van der Waals surface area contributed by atoms with E-state index >= 15 is 0 Å². The monoisotopic (exact) mass is 349 g/mol. The first-order chi connectivity index (χ1) is 11.2. The Morgan fingerprint density at radius 2 is 2.08 bits per heavy atom. The van der Waals surface area contributed by atoms with Gasteiger partial charge in [0.2, 0.25) is 5.95 Å². The van der Waals surface area contributed by atoms with Crippen LogP contribution in [0.2, 0.25) is 0 Å². The number of hydrogen-bond acceptors (Lipinski definition) is 5. The number of nitrogens with two attached hydrogens (primary N) is 1. The summed E-state index contributed by atoms with van der Waals surface area (Å²) in [4.78, 5) is 10.9. The summed E-state index contributed by atoms with van der Waals surface area (Å²) >= 11 is 0. The quantitative estimate of drug-likeness (QED) is 0.871. The number of aromatic nitrogens is 2. The predicted molar refractivity (Wildman–Crippen MR) is 95.8 cm³/mol. The third kappa shape index (κ3) is 3.30. The van der Waals surface area contributed by atoms with Crippen LogP contribution >= 0.6 is 12.4 Å². The molecule has 2 aliphatic rings. The van der Waals surface area contributed by atoms with Gasteiger partial charge in [0.1, 0.15) is 11.6 Å². The van der Waals surface area contributed by atoms with Crippen LogP contribution in [0, 0.1) is 11.7 Å². The number of halogens is 2. The number of piperidine rings is 1. The van der Waals surface area contributed by atoms with E-state index in [4.69, 9.17) is 5.73 Å². The van der Waals surface area contributed by atoms with Gasteiger partial charge in [0.15, 0.2) is 0 Å². The molecule has 0 bridgehead atoms. The zero-order valence-corrected chi connectivity index (χ0v) is 14.1. The topological polar surface area (TPSA) is 67.1 Å². The Morgan fingerprint density at radius 1 is 1.21 bits per heavy atom. The zero-order valence-electron chi connectivity index (χ0n) is 13.3. The molecule has 0 unspecified atom stereocenters. The van der Waals surface area contributed by atoms with E-state index in [0.717, 1.165) is 31.0 Å². The molecule has 128 valence electrons. The summed E-state index contributed by atoms with van der Waals surface area (Å²) in [5.41, 5.74) is 7.27.